The molecule has 0 saturated heterocycles. The molecular weight excluding hydrogens is 242 g/mol. The molecule has 0 aliphatic rings. The van der Waals surface area contributed by atoms with Crippen molar-refractivity contribution in [1.82, 2.24) is 5.32 Å². The van der Waals surface area contributed by atoms with Crippen LogP contribution in [0.2, 0.25) is 0 Å². The lowest BCUT2D eigenvalue weighted by molar-refractivity contribution is 0.454. The number of nitrogens with one attached hydrogen (secondary N) is 1. The summed E-state index contributed by atoms with van der Waals surface area (Å²) in [5.74, 6) is 0.970. The first-order chi connectivity index (χ1) is 8.90. The Morgan fingerprint density at radius 1 is 1.22 bits per heavy atom. The predicted octanol–water partition coefficient (Wildman–Crippen LogP) is 4.19. The first-order valence-corrected chi connectivity index (χ1v) is 7.01. The molecule has 2 heterocycles. The highest BCUT2D eigenvalue weighted by molar-refractivity contribution is 7.17. The van der Waals surface area contributed by atoms with E-state index < -0.39 is 0 Å². The summed E-state index contributed by atoms with van der Waals surface area (Å²) in [6.45, 7) is 3.03. The molecule has 2 nitrogen and oxygen atoms in total. The van der Waals surface area contributed by atoms with E-state index in [0.717, 1.165) is 12.3 Å². The molecule has 0 aliphatic carbocycles. The predicted molar refractivity (Wildman–Crippen MR) is 76.1 cm³/mol. The van der Waals surface area contributed by atoms with E-state index in [1.807, 2.05) is 12.1 Å². The van der Waals surface area contributed by atoms with Crippen LogP contribution in [0.3, 0.4) is 0 Å². The van der Waals surface area contributed by atoms with Gasteiger partial charge in [-0.05, 0) is 41.1 Å². The smallest absolute Gasteiger partial charge is 0.125 e. The van der Waals surface area contributed by atoms with Crippen LogP contribution in [-0.2, 0) is 0 Å². The van der Waals surface area contributed by atoms with Crippen molar-refractivity contribution in [3.8, 4) is 0 Å². The normalized spacial score (nSPS) is 12.9. The van der Waals surface area contributed by atoms with Gasteiger partial charge in [-0.1, -0.05) is 25.1 Å². The first-order valence-electron chi connectivity index (χ1n) is 6.13. The molecule has 3 aromatic rings. The van der Waals surface area contributed by atoms with Gasteiger partial charge in [0.1, 0.15) is 5.76 Å². The summed E-state index contributed by atoms with van der Waals surface area (Å²) in [5.41, 5.74) is 1.29. The summed E-state index contributed by atoms with van der Waals surface area (Å²) in [5, 5.41) is 6.93. The summed E-state index contributed by atoms with van der Waals surface area (Å²) in [6.07, 6.45) is 1.73. The number of rotatable bonds is 4. The van der Waals surface area contributed by atoms with Gasteiger partial charge in [-0.15, -0.1) is 11.3 Å². The third-order valence-corrected chi connectivity index (χ3v) is 4.04. The van der Waals surface area contributed by atoms with Crippen LogP contribution in [-0.4, -0.2) is 6.54 Å². The summed E-state index contributed by atoms with van der Waals surface area (Å²) >= 11 is 1.78. The van der Waals surface area contributed by atoms with Crippen LogP contribution in [0, 0.1) is 0 Å². The molecule has 0 amide bonds. The maximum atomic E-state index is 5.57. The standard InChI is InChI=1S/C15H15NOS/c1-2-16-14(13-7-4-9-17-13)12-6-3-5-11-8-10-18-15(11)12/h3-10,14,16H,2H2,1H3. The van der Waals surface area contributed by atoms with Crippen LogP contribution in [0.15, 0.2) is 52.5 Å². The fourth-order valence-corrected chi connectivity index (χ4v) is 3.21. The molecular formula is C15H15NOS. The van der Waals surface area contributed by atoms with Crippen molar-refractivity contribution >= 4 is 21.4 Å². The van der Waals surface area contributed by atoms with Crippen LogP contribution in [0.25, 0.3) is 10.1 Å². The van der Waals surface area contributed by atoms with E-state index >= 15 is 0 Å². The van der Waals surface area contributed by atoms with Crippen LogP contribution in [0.1, 0.15) is 24.3 Å². The van der Waals surface area contributed by atoms with E-state index in [9.17, 15) is 0 Å². The van der Waals surface area contributed by atoms with Crippen LogP contribution in [0.4, 0.5) is 0 Å². The Balaban J connectivity index is 2.12. The zero-order chi connectivity index (χ0) is 12.4. The Morgan fingerprint density at radius 3 is 2.94 bits per heavy atom. The molecule has 3 rings (SSSR count). The molecule has 1 N–H and O–H groups in total. The Bertz CT molecular complexity index is 627. The van der Waals surface area contributed by atoms with Gasteiger partial charge in [0.05, 0.1) is 12.3 Å². The molecule has 0 spiro atoms. The number of benzene rings is 1. The minimum atomic E-state index is 0.132. The molecule has 0 fully saturated rings. The molecule has 1 atom stereocenters. The van der Waals surface area contributed by atoms with Gasteiger partial charge in [-0.3, -0.25) is 0 Å². The van der Waals surface area contributed by atoms with E-state index in [1.165, 1.54) is 15.6 Å². The molecule has 1 unspecified atom stereocenters. The summed E-state index contributed by atoms with van der Waals surface area (Å²) in [6, 6.07) is 12.7. The monoisotopic (exact) mass is 257 g/mol. The molecule has 0 radical (unpaired) electrons. The van der Waals surface area contributed by atoms with Gasteiger partial charge in [0.15, 0.2) is 0 Å². The fraction of sp³-hybridized carbons (Fsp3) is 0.200. The van der Waals surface area contributed by atoms with Gasteiger partial charge in [0, 0.05) is 4.70 Å². The molecule has 18 heavy (non-hydrogen) atoms. The Morgan fingerprint density at radius 2 is 2.17 bits per heavy atom. The zero-order valence-corrected chi connectivity index (χ0v) is 11.0. The topological polar surface area (TPSA) is 25.2 Å². The molecule has 0 saturated carbocycles. The van der Waals surface area contributed by atoms with Crippen LogP contribution < -0.4 is 5.32 Å². The highest BCUT2D eigenvalue weighted by atomic mass is 32.1. The van der Waals surface area contributed by atoms with Crippen molar-refractivity contribution in [3.63, 3.8) is 0 Å². The van der Waals surface area contributed by atoms with Crippen molar-refractivity contribution in [1.29, 1.82) is 0 Å². The lowest BCUT2D eigenvalue weighted by atomic mass is 10.0. The second-order valence-corrected chi connectivity index (χ2v) is 5.11. The number of hydrogen-bond donors (Lipinski definition) is 1. The van der Waals surface area contributed by atoms with Gasteiger partial charge in [-0.2, -0.15) is 0 Å². The molecule has 0 aliphatic heterocycles. The highest BCUT2D eigenvalue weighted by Crippen LogP contribution is 2.32. The second kappa shape index (κ2) is 4.96. The van der Waals surface area contributed by atoms with Gasteiger partial charge in [0.25, 0.3) is 0 Å². The van der Waals surface area contributed by atoms with Crippen molar-refractivity contribution in [2.75, 3.05) is 6.54 Å². The van der Waals surface area contributed by atoms with Crippen LogP contribution in [0.5, 0.6) is 0 Å². The Labute approximate surface area is 110 Å². The number of furan rings is 1. The van der Waals surface area contributed by atoms with Crippen molar-refractivity contribution < 1.29 is 4.42 Å². The summed E-state index contributed by atoms with van der Waals surface area (Å²) in [4.78, 5) is 0. The zero-order valence-electron chi connectivity index (χ0n) is 10.2. The van der Waals surface area contributed by atoms with E-state index in [2.05, 4.69) is 41.9 Å². The number of fused-ring (bicyclic) bond motifs is 1. The molecule has 92 valence electrons. The number of hydrogen-bond acceptors (Lipinski definition) is 3. The summed E-state index contributed by atoms with van der Waals surface area (Å²) in [7, 11) is 0. The minimum absolute atomic E-state index is 0.132. The maximum absolute atomic E-state index is 5.57. The SMILES string of the molecule is CCNC(c1ccco1)c1cccc2ccsc12. The second-order valence-electron chi connectivity index (χ2n) is 4.19. The van der Waals surface area contributed by atoms with Crippen molar-refractivity contribution in [2.45, 2.75) is 13.0 Å². The average Bonchev–Trinajstić information content (AvgIpc) is 3.06. The van der Waals surface area contributed by atoms with E-state index in [4.69, 9.17) is 4.42 Å². The van der Waals surface area contributed by atoms with Crippen molar-refractivity contribution in [3.05, 3.63) is 59.4 Å². The highest BCUT2D eigenvalue weighted by Gasteiger charge is 2.18. The van der Waals surface area contributed by atoms with Gasteiger partial charge < -0.3 is 9.73 Å². The molecule has 3 heteroatoms. The lowest BCUT2D eigenvalue weighted by Gasteiger charge is -2.16. The van der Waals surface area contributed by atoms with E-state index in [-0.39, 0.29) is 6.04 Å². The number of thiophene rings is 1. The lowest BCUT2D eigenvalue weighted by Crippen LogP contribution is -2.21. The first kappa shape index (κ1) is 11.5. The molecule has 0 bridgehead atoms. The Kier molecular flexibility index (Phi) is 3.17. The van der Waals surface area contributed by atoms with Gasteiger partial charge in [-0.25, -0.2) is 0 Å². The molecule has 1 aromatic carbocycles. The van der Waals surface area contributed by atoms with Gasteiger partial charge in [0.2, 0.25) is 0 Å². The minimum Gasteiger partial charge on any atom is -0.467 e. The third-order valence-electron chi connectivity index (χ3n) is 3.06. The van der Waals surface area contributed by atoms with Crippen LogP contribution >= 0.6 is 11.3 Å². The summed E-state index contributed by atoms with van der Waals surface area (Å²) < 4.78 is 6.90. The van der Waals surface area contributed by atoms with Crippen molar-refractivity contribution in [2.24, 2.45) is 0 Å². The molecule has 2 aromatic heterocycles. The largest absolute Gasteiger partial charge is 0.467 e. The fourth-order valence-electron chi connectivity index (χ4n) is 2.27. The quantitative estimate of drug-likeness (QED) is 0.758. The van der Waals surface area contributed by atoms with Gasteiger partial charge >= 0.3 is 0 Å². The van der Waals surface area contributed by atoms with E-state index in [0.29, 0.717) is 0 Å². The van der Waals surface area contributed by atoms with E-state index in [1.54, 1.807) is 17.6 Å². The maximum Gasteiger partial charge on any atom is 0.125 e. The third kappa shape index (κ3) is 1.96. The Hall–Kier alpha value is -1.58. The average molecular weight is 257 g/mol.